The number of carbonyl (C=O) groups excluding carboxylic acids is 2. The third kappa shape index (κ3) is 4.74. The Balaban J connectivity index is 1.17. The summed E-state index contributed by atoms with van der Waals surface area (Å²) in [5, 5.41) is 10.3. The molecule has 0 aromatic carbocycles. The summed E-state index contributed by atoms with van der Waals surface area (Å²) in [5.41, 5.74) is 2.27. The fraction of sp³-hybridized carbons (Fsp3) is 0.871. The molecule has 37 heavy (non-hydrogen) atoms. The second-order valence-electron chi connectivity index (χ2n) is 13.9. The van der Waals surface area contributed by atoms with Crippen molar-refractivity contribution < 1.29 is 14.7 Å². The highest BCUT2D eigenvalue weighted by atomic mass is 16.3. The van der Waals surface area contributed by atoms with Crippen LogP contribution < -0.4 is 0 Å². The lowest BCUT2D eigenvalue weighted by molar-refractivity contribution is -0.133. The molecule has 208 valence electrons. The van der Waals surface area contributed by atoms with Gasteiger partial charge in [-0.15, -0.1) is 0 Å². The van der Waals surface area contributed by atoms with E-state index >= 15 is 0 Å². The minimum atomic E-state index is -0.131. The van der Waals surface area contributed by atoms with Gasteiger partial charge in [-0.05, 0) is 98.2 Å². The lowest BCUT2D eigenvalue weighted by atomic mass is 9.47. The molecule has 8 atom stereocenters. The van der Waals surface area contributed by atoms with Crippen molar-refractivity contribution in [3.8, 4) is 0 Å². The molecule has 5 aliphatic rings. The topological polar surface area (TPSA) is 64.1 Å². The molecule has 0 radical (unpaired) electrons. The maximum atomic E-state index is 13.1. The number of aliphatic hydroxyl groups excluding tert-OH is 1. The number of hydrogen-bond donors (Lipinski definition) is 1. The van der Waals surface area contributed by atoms with Gasteiger partial charge in [0.2, 0.25) is 5.91 Å². The molecule has 6 heteroatoms. The Morgan fingerprint density at radius 1 is 1.03 bits per heavy atom. The zero-order valence-electron chi connectivity index (χ0n) is 24.0. The first-order chi connectivity index (χ1) is 17.5. The molecule has 3 saturated carbocycles. The summed E-state index contributed by atoms with van der Waals surface area (Å²) >= 11 is 0. The number of fused-ring (bicyclic) bond motifs is 5. The van der Waals surface area contributed by atoms with Crippen molar-refractivity contribution in [3.63, 3.8) is 0 Å². The summed E-state index contributed by atoms with van der Waals surface area (Å²) in [6, 6.07) is 0.0410. The lowest BCUT2D eigenvalue weighted by Gasteiger charge is -2.58. The number of piperazine rings is 1. The maximum absolute atomic E-state index is 13.1. The summed E-state index contributed by atoms with van der Waals surface area (Å²) in [6.45, 7) is 10.1. The van der Waals surface area contributed by atoms with Crippen molar-refractivity contribution in [3.05, 3.63) is 11.6 Å². The van der Waals surface area contributed by atoms with Gasteiger partial charge in [-0.1, -0.05) is 32.4 Å². The fourth-order valence-electron chi connectivity index (χ4n) is 9.76. The molecular formula is C31H51N3O3. The number of rotatable bonds is 4. The minimum absolute atomic E-state index is 0.0410. The molecule has 1 N–H and O–H groups in total. The number of urea groups is 1. The van der Waals surface area contributed by atoms with Gasteiger partial charge in [0.15, 0.2) is 0 Å². The fourth-order valence-corrected chi connectivity index (χ4v) is 9.76. The predicted molar refractivity (Wildman–Crippen MR) is 147 cm³/mol. The summed E-state index contributed by atoms with van der Waals surface area (Å²) in [7, 11) is 3.57. The van der Waals surface area contributed by atoms with Gasteiger partial charge in [-0.25, -0.2) is 4.79 Å². The van der Waals surface area contributed by atoms with E-state index in [1.165, 1.54) is 32.1 Å². The third-order valence-corrected chi connectivity index (χ3v) is 11.9. The summed E-state index contributed by atoms with van der Waals surface area (Å²) in [5.74, 6) is 3.94. The summed E-state index contributed by atoms with van der Waals surface area (Å²) in [6.07, 6.45) is 13.6. The largest absolute Gasteiger partial charge is 0.393 e. The van der Waals surface area contributed by atoms with Crippen molar-refractivity contribution in [1.82, 2.24) is 14.7 Å². The summed E-state index contributed by atoms with van der Waals surface area (Å²) < 4.78 is 0. The highest BCUT2D eigenvalue weighted by molar-refractivity contribution is 5.77. The van der Waals surface area contributed by atoms with E-state index in [0.717, 1.165) is 43.4 Å². The average molecular weight is 514 g/mol. The first kappa shape index (κ1) is 27.0. The highest BCUT2D eigenvalue weighted by Crippen LogP contribution is 2.67. The molecular weight excluding hydrogens is 462 g/mol. The Kier molecular flexibility index (Phi) is 7.45. The maximum Gasteiger partial charge on any atom is 0.319 e. The standard InChI is InChI=1S/C31H51N3O3/c1-21(6-11-28(36)33-16-18-34(19-17-33)29(37)32(4)5)25-9-10-26-24-8-7-22-20-23(35)12-14-30(22,2)27(24)13-15-31(25,26)3/h7,21,23-27,35H,6,8-20H2,1-5H3/t21-,23+,24+,25-,26+,27+,30+,31-/m1/s1. The molecule has 0 unspecified atom stereocenters. The van der Waals surface area contributed by atoms with Gasteiger partial charge >= 0.3 is 6.03 Å². The second-order valence-corrected chi connectivity index (χ2v) is 13.9. The zero-order chi connectivity index (χ0) is 26.5. The predicted octanol–water partition coefficient (Wildman–Crippen LogP) is 5.17. The molecule has 0 aromatic heterocycles. The van der Waals surface area contributed by atoms with Gasteiger partial charge in [0.05, 0.1) is 6.10 Å². The number of amides is 3. The van der Waals surface area contributed by atoms with E-state index in [2.05, 4.69) is 26.8 Å². The van der Waals surface area contributed by atoms with Crippen LogP contribution in [0.15, 0.2) is 11.6 Å². The Labute approximate surface area is 224 Å². The van der Waals surface area contributed by atoms with Gasteiger partial charge in [-0.3, -0.25) is 4.79 Å². The van der Waals surface area contributed by atoms with Crippen molar-refractivity contribution >= 4 is 11.9 Å². The molecule has 3 amide bonds. The number of allylic oxidation sites excluding steroid dienone is 1. The molecule has 1 saturated heterocycles. The van der Waals surface area contributed by atoms with Crippen LogP contribution in [0, 0.1) is 40.4 Å². The van der Waals surface area contributed by atoms with Gasteiger partial charge < -0.3 is 19.8 Å². The smallest absolute Gasteiger partial charge is 0.319 e. The Morgan fingerprint density at radius 2 is 1.73 bits per heavy atom. The number of nitrogens with zero attached hydrogens (tertiary/aromatic N) is 3. The second kappa shape index (κ2) is 10.2. The number of carbonyl (C=O) groups is 2. The quantitative estimate of drug-likeness (QED) is 0.528. The first-order valence-electron chi connectivity index (χ1n) is 15.2. The van der Waals surface area contributed by atoms with E-state index in [9.17, 15) is 14.7 Å². The Hall–Kier alpha value is -1.56. The third-order valence-electron chi connectivity index (χ3n) is 11.9. The first-order valence-corrected chi connectivity index (χ1v) is 15.2. The van der Waals surface area contributed by atoms with E-state index in [1.807, 2.05) is 9.80 Å². The molecule has 0 aromatic rings. The highest BCUT2D eigenvalue weighted by Gasteiger charge is 2.59. The van der Waals surface area contributed by atoms with E-state index in [-0.39, 0.29) is 18.0 Å². The van der Waals surface area contributed by atoms with E-state index in [0.29, 0.717) is 55.3 Å². The minimum Gasteiger partial charge on any atom is -0.393 e. The van der Waals surface area contributed by atoms with Crippen LogP contribution in [-0.2, 0) is 4.79 Å². The van der Waals surface area contributed by atoms with E-state index < -0.39 is 0 Å². The molecule has 1 heterocycles. The van der Waals surface area contributed by atoms with E-state index in [1.54, 1.807) is 24.6 Å². The van der Waals surface area contributed by atoms with Crippen molar-refractivity contribution in [2.75, 3.05) is 40.3 Å². The molecule has 1 aliphatic heterocycles. The molecule has 0 spiro atoms. The number of hydrogen-bond acceptors (Lipinski definition) is 3. The van der Waals surface area contributed by atoms with Crippen LogP contribution in [0.1, 0.15) is 85.0 Å². The molecule has 0 bridgehead atoms. The average Bonchev–Trinajstić information content (AvgIpc) is 3.24. The van der Waals surface area contributed by atoms with Crippen LogP contribution in [0.4, 0.5) is 4.79 Å². The Bertz CT molecular complexity index is 909. The van der Waals surface area contributed by atoms with Crippen LogP contribution in [0.5, 0.6) is 0 Å². The van der Waals surface area contributed by atoms with Crippen molar-refractivity contribution in [2.24, 2.45) is 40.4 Å². The van der Waals surface area contributed by atoms with Crippen molar-refractivity contribution in [1.29, 1.82) is 0 Å². The molecule has 5 rings (SSSR count). The SMILES string of the molecule is C[C@H](CCC(=O)N1CCN(C(=O)N(C)C)CC1)[C@H]1CC[C@H]2[C@@H]3CC=C4C[C@@H](O)CC[C@]4(C)[C@H]3CC[C@]12C. The van der Waals surface area contributed by atoms with Gasteiger partial charge in [0.1, 0.15) is 0 Å². The monoisotopic (exact) mass is 513 g/mol. The van der Waals surface area contributed by atoms with Crippen molar-refractivity contribution in [2.45, 2.75) is 91.1 Å². The van der Waals surface area contributed by atoms with Crippen LogP contribution in [-0.4, -0.2) is 78.1 Å². The molecule has 6 nitrogen and oxygen atoms in total. The molecule has 4 fully saturated rings. The lowest BCUT2D eigenvalue weighted by Crippen LogP contribution is -2.53. The normalized spacial score (nSPS) is 40.3. The van der Waals surface area contributed by atoms with Crippen LogP contribution in [0.2, 0.25) is 0 Å². The van der Waals surface area contributed by atoms with Crippen LogP contribution in [0.25, 0.3) is 0 Å². The molecule has 4 aliphatic carbocycles. The number of aliphatic hydroxyl groups is 1. The zero-order valence-corrected chi connectivity index (χ0v) is 24.0. The van der Waals surface area contributed by atoms with Crippen LogP contribution >= 0.6 is 0 Å². The van der Waals surface area contributed by atoms with Gasteiger partial charge in [-0.2, -0.15) is 0 Å². The van der Waals surface area contributed by atoms with Crippen LogP contribution in [0.3, 0.4) is 0 Å². The van der Waals surface area contributed by atoms with E-state index in [4.69, 9.17) is 0 Å². The Morgan fingerprint density at radius 3 is 2.43 bits per heavy atom. The van der Waals surface area contributed by atoms with Gasteiger partial charge in [0, 0.05) is 46.7 Å². The summed E-state index contributed by atoms with van der Waals surface area (Å²) in [4.78, 5) is 30.7. The van der Waals surface area contributed by atoms with Gasteiger partial charge in [0.25, 0.3) is 0 Å².